The molecule has 3 rings (SSSR count). The van der Waals surface area contributed by atoms with Gasteiger partial charge in [0.1, 0.15) is 0 Å². The van der Waals surface area contributed by atoms with Gasteiger partial charge in [-0.15, -0.1) is 11.3 Å². The lowest BCUT2D eigenvalue weighted by atomic mass is 10.2. The number of amides is 2. The van der Waals surface area contributed by atoms with Crippen molar-refractivity contribution < 1.29 is 19.1 Å². The fourth-order valence-electron chi connectivity index (χ4n) is 2.74. The number of likely N-dealkylation sites (N-methyl/N-ethyl adjacent to an activating group) is 1. The number of ether oxygens (including phenoxy) is 1. The van der Waals surface area contributed by atoms with Gasteiger partial charge < -0.3 is 14.5 Å². The Morgan fingerprint density at radius 3 is 2.62 bits per heavy atom. The Morgan fingerprint density at radius 1 is 1.23 bits per heavy atom. The fraction of sp³-hybridized carbons (Fsp3) is 0.316. The molecule has 136 valence electrons. The van der Waals surface area contributed by atoms with E-state index in [1.54, 1.807) is 47.5 Å². The molecule has 0 N–H and O–H groups in total. The van der Waals surface area contributed by atoms with Crippen molar-refractivity contribution in [3.63, 3.8) is 0 Å². The maximum atomic E-state index is 12.1. The van der Waals surface area contributed by atoms with Gasteiger partial charge in [-0.3, -0.25) is 9.59 Å². The van der Waals surface area contributed by atoms with Gasteiger partial charge in [0.25, 0.3) is 5.91 Å². The molecule has 0 radical (unpaired) electrons. The number of hydrogen-bond acceptors (Lipinski definition) is 5. The molecule has 26 heavy (non-hydrogen) atoms. The highest BCUT2D eigenvalue weighted by molar-refractivity contribution is 7.09. The van der Waals surface area contributed by atoms with E-state index in [1.165, 1.54) is 4.90 Å². The van der Waals surface area contributed by atoms with Gasteiger partial charge >= 0.3 is 5.97 Å². The lowest BCUT2D eigenvalue weighted by molar-refractivity contribution is -0.133. The Bertz CT molecular complexity index is 786. The van der Waals surface area contributed by atoms with Gasteiger partial charge in [0.05, 0.1) is 12.1 Å². The van der Waals surface area contributed by atoms with Gasteiger partial charge in [0.2, 0.25) is 5.91 Å². The highest BCUT2D eigenvalue weighted by Crippen LogP contribution is 2.21. The summed E-state index contributed by atoms with van der Waals surface area (Å²) in [7, 11) is 1.68. The molecule has 0 aliphatic carbocycles. The summed E-state index contributed by atoms with van der Waals surface area (Å²) >= 11 is 1.57. The van der Waals surface area contributed by atoms with Crippen LogP contribution in [0.5, 0.6) is 0 Å². The van der Waals surface area contributed by atoms with Crippen LogP contribution in [0.1, 0.15) is 28.1 Å². The van der Waals surface area contributed by atoms with Crippen molar-refractivity contribution in [2.45, 2.75) is 19.4 Å². The predicted molar refractivity (Wildman–Crippen MR) is 99.1 cm³/mol. The molecular formula is C19H20N2O4S. The highest BCUT2D eigenvalue weighted by Gasteiger charge is 2.22. The van der Waals surface area contributed by atoms with Crippen LogP contribution in [-0.2, 0) is 20.9 Å². The number of carbonyl (C=O) groups is 3. The predicted octanol–water partition coefficient (Wildman–Crippen LogP) is 2.69. The minimum absolute atomic E-state index is 0.0969. The van der Waals surface area contributed by atoms with Crippen molar-refractivity contribution >= 4 is 34.8 Å². The van der Waals surface area contributed by atoms with E-state index in [0.717, 1.165) is 17.0 Å². The molecule has 2 heterocycles. The Labute approximate surface area is 156 Å². The van der Waals surface area contributed by atoms with E-state index in [2.05, 4.69) is 0 Å². The van der Waals surface area contributed by atoms with Crippen LogP contribution in [0.2, 0.25) is 0 Å². The number of esters is 1. The smallest absolute Gasteiger partial charge is 0.338 e. The Hall–Kier alpha value is -2.67. The van der Waals surface area contributed by atoms with Gasteiger partial charge in [-0.25, -0.2) is 4.79 Å². The maximum absolute atomic E-state index is 12.1. The third kappa shape index (κ3) is 4.29. The molecule has 7 heteroatoms. The zero-order valence-corrected chi connectivity index (χ0v) is 15.3. The molecule has 1 aliphatic heterocycles. The van der Waals surface area contributed by atoms with Gasteiger partial charge in [0.15, 0.2) is 6.61 Å². The van der Waals surface area contributed by atoms with Gasteiger partial charge in [0, 0.05) is 30.6 Å². The number of rotatable bonds is 6. The van der Waals surface area contributed by atoms with Crippen LogP contribution in [0.3, 0.4) is 0 Å². The van der Waals surface area contributed by atoms with Gasteiger partial charge in [-0.2, -0.15) is 0 Å². The first-order valence-corrected chi connectivity index (χ1v) is 9.26. The quantitative estimate of drug-likeness (QED) is 0.731. The molecule has 1 saturated heterocycles. The SMILES string of the molecule is CN(Cc1cccs1)C(=O)COC(=O)c1ccc(N2CCCC2=O)cc1. The molecular weight excluding hydrogens is 352 g/mol. The lowest BCUT2D eigenvalue weighted by Gasteiger charge is -2.17. The Morgan fingerprint density at radius 2 is 2.00 bits per heavy atom. The standard InChI is InChI=1S/C19H20N2O4S/c1-20(12-16-4-3-11-26-16)18(23)13-25-19(24)14-6-8-15(9-7-14)21-10-2-5-17(21)22/h3-4,6-9,11H,2,5,10,12-13H2,1H3. The zero-order chi connectivity index (χ0) is 18.5. The summed E-state index contributed by atoms with van der Waals surface area (Å²) in [4.78, 5) is 40.2. The lowest BCUT2D eigenvalue weighted by Crippen LogP contribution is -2.30. The molecule has 1 aromatic heterocycles. The zero-order valence-electron chi connectivity index (χ0n) is 14.5. The maximum Gasteiger partial charge on any atom is 0.338 e. The van der Waals surface area contributed by atoms with Gasteiger partial charge in [-0.1, -0.05) is 6.07 Å². The summed E-state index contributed by atoms with van der Waals surface area (Å²) < 4.78 is 5.11. The first-order valence-electron chi connectivity index (χ1n) is 8.38. The van der Waals surface area contributed by atoms with Crippen LogP contribution < -0.4 is 4.90 Å². The van der Waals surface area contributed by atoms with Crippen molar-refractivity contribution in [3.8, 4) is 0 Å². The van der Waals surface area contributed by atoms with E-state index in [9.17, 15) is 14.4 Å². The summed E-state index contributed by atoms with van der Waals surface area (Å²) in [5.41, 5.74) is 1.13. The third-order valence-corrected chi connectivity index (χ3v) is 5.07. The number of nitrogens with zero attached hydrogens (tertiary/aromatic N) is 2. The van der Waals surface area contributed by atoms with E-state index in [0.29, 0.717) is 25.1 Å². The molecule has 0 spiro atoms. The molecule has 2 aromatic rings. The Balaban J connectivity index is 1.51. The van der Waals surface area contributed by atoms with Crippen LogP contribution >= 0.6 is 11.3 Å². The van der Waals surface area contributed by atoms with Gasteiger partial charge in [-0.05, 0) is 42.1 Å². The largest absolute Gasteiger partial charge is 0.452 e. The van der Waals surface area contributed by atoms with E-state index in [4.69, 9.17) is 4.74 Å². The summed E-state index contributed by atoms with van der Waals surface area (Å²) in [5.74, 6) is -0.715. The molecule has 0 atom stereocenters. The monoisotopic (exact) mass is 372 g/mol. The number of thiophene rings is 1. The number of hydrogen-bond donors (Lipinski definition) is 0. The van der Waals surface area contributed by atoms with E-state index in [-0.39, 0.29) is 18.4 Å². The van der Waals surface area contributed by atoms with E-state index < -0.39 is 5.97 Å². The number of carbonyl (C=O) groups excluding carboxylic acids is 3. The first kappa shape index (κ1) is 18.1. The van der Waals surface area contributed by atoms with Crippen LogP contribution in [-0.4, -0.2) is 42.9 Å². The van der Waals surface area contributed by atoms with Crippen LogP contribution in [0.4, 0.5) is 5.69 Å². The second-order valence-corrected chi connectivity index (χ2v) is 7.13. The molecule has 1 fully saturated rings. The topological polar surface area (TPSA) is 66.9 Å². The Kier molecular flexibility index (Phi) is 5.68. The summed E-state index contributed by atoms with van der Waals surface area (Å²) in [6, 6.07) is 10.6. The van der Waals surface area contributed by atoms with E-state index in [1.807, 2.05) is 17.5 Å². The second-order valence-electron chi connectivity index (χ2n) is 6.10. The van der Waals surface area contributed by atoms with Crippen molar-refractivity contribution in [1.82, 2.24) is 4.90 Å². The summed E-state index contributed by atoms with van der Waals surface area (Å²) in [6.45, 7) is 0.896. The summed E-state index contributed by atoms with van der Waals surface area (Å²) in [6.07, 6.45) is 1.41. The molecule has 0 bridgehead atoms. The molecule has 0 unspecified atom stereocenters. The fourth-order valence-corrected chi connectivity index (χ4v) is 3.50. The number of benzene rings is 1. The number of anilines is 1. The van der Waals surface area contributed by atoms with Crippen LogP contribution in [0.15, 0.2) is 41.8 Å². The highest BCUT2D eigenvalue weighted by atomic mass is 32.1. The van der Waals surface area contributed by atoms with Crippen molar-refractivity contribution in [1.29, 1.82) is 0 Å². The molecule has 2 amide bonds. The average molecular weight is 372 g/mol. The average Bonchev–Trinajstić information content (AvgIpc) is 3.31. The molecule has 0 saturated carbocycles. The summed E-state index contributed by atoms with van der Waals surface area (Å²) in [5, 5.41) is 1.95. The van der Waals surface area contributed by atoms with Crippen molar-refractivity contribution in [2.24, 2.45) is 0 Å². The minimum atomic E-state index is -0.554. The van der Waals surface area contributed by atoms with Crippen molar-refractivity contribution in [2.75, 3.05) is 25.1 Å². The third-order valence-electron chi connectivity index (χ3n) is 4.21. The molecule has 1 aromatic carbocycles. The normalized spacial score (nSPS) is 13.7. The first-order chi connectivity index (χ1) is 12.5. The minimum Gasteiger partial charge on any atom is -0.452 e. The van der Waals surface area contributed by atoms with E-state index >= 15 is 0 Å². The van der Waals surface area contributed by atoms with Crippen molar-refractivity contribution in [3.05, 3.63) is 52.2 Å². The van der Waals surface area contributed by atoms with Crippen LogP contribution in [0.25, 0.3) is 0 Å². The van der Waals surface area contributed by atoms with Crippen LogP contribution in [0, 0.1) is 0 Å². The second kappa shape index (κ2) is 8.14. The molecule has 6 nitrogen and oxygen atoms in total. The molecule has 1 aliphatic rings.